The van der Waals surface area contributed by atoms with E-state index in [0.29, 0.717) is 0 Å². The molecule has 0 saturated carbocycles. The lowest BCUT2D eigenvalue weighted by Gasteiger charge is -2.21. The van der Waals surface area contributed by atoms with Crippen LogP contribution in [-0.2, 0) is 11.2 Å². The first-order valence-corrected chi connectivity index (χ1v) is 4.80. The normalized spacial score (nSPS) is 21.6. The number of morpholine rings is 1. The molecule has 1 atom stereocenters. The monoisotopic (exact) mass is 217 g/mol. The van der Waals surface area contributed by atoms with Crippen LogP contribution in [0.15, 0.2) is 16.5 Å². The van der Waals surface area contributed by atoms with Crippen molar-refractivity contribution in [2.45, 2.75) is 19.4 Å². The van der Waals surface area contributed by atoms with Crippen LogP contribution in [0.4, 0.5) is 0 Å². The Kier molecular flexibility index (Phi) is 4.45. The van der Waals surface area contributed by atoms with Gasteiger partial charge >= 0.3 is 0 Å². The van der Waals surface area contributed by atoms with Gasteiger partial charge in [0.15, 0.2) is 0 Å². The summed E-state index contributed by atoms with van der Waals surface area (Å²) < 4.78 is 11.0. The van der Waals surface area contributed by atoms with Gasteiger partial charge in [0.2, 0.25) is 0 Å². The Morgan fingerprint density at radius 1 is 1.50 bits per heavy atom. The molecule has 1 aromatic rings. The number of rotatable bonds is 2. The maximum atomic E-state index is 5.63. The van der Waals surface area contributed by atoms with Gasteiger partial charge < -0.3 is 14.5 Å². The van der Waals surface area contributed by atoms with Crippen molar-refractivity contribution in [3.05, 3.63) is 23.7 Å². The Balaban J connectivity index is 0.000000980. The standard InChI is InChI=1S/C10H15NO2.ClH/c1-2-8-3-4-10(13-8)9-7-12-6-5-11-9;/h3-4,9,11H,2,5-7H2,1H3;1H/t9-;/m1./s1. The Morgan fingerprint density at radius 2 is 2.36 bits per heavy atom. The first kappa shape index (κ1) is 11.6. The van der Waals surface area contributed by atoms with E-state index in [1.54, 1.807) is 0 Å². The Bertz CT molecular complexity index is 269. The highest BCUT2D eigenvalue weighted by molar-refractivity contribution is 5.85. The summed E-state index contributed by atoms with van der Waals surface area (Å²) in [5.41, 5.74) is 0. The van der Waals surface area contributed by atoms with E-state index in [2.05, 4.69) is 12.2 Å². The summed E-state index contributed by atoms with van der Waals surface area (Å²) in [6.07, 6.45) is 0.952. The van der Waals surface area contributed by atoms with E-state index >= 15 is 0 Å². The average Bonchev–Trinajstić information content (AvgIpc) is 2.67. The molecule has 1 fully saturated rings. The van der Waals surface area contributed by atoms with E-state index in [9.17, 15) is 0 Å². The number of ether oxygens (including phenoxy) is 1. The second-order valence-corrected chi connectivity index (χ2v) is 3.24. The van der Waals surface area contributed by atoms with Gasteiger partial charge in [0.05, 0.1) is 19.3 Å². The van der Waals surface area contributed by atoms with E-state index in [0.717, 1.165) is 37.7 Å². The average molecular weight is 218 g/mol. The molecule has 80 valence electrons. The Morgan fingerprint density at radius 3 is 2.93 bits per heavy atom. The van der Waals surface area contributed by atoms with Gasteiger partial charge in [-0.1, -0.05) is 6.92 Å². The van der Waals surface area contributed by atoms with Crippen LogP contribution in [0.1, 0.15) is 24.5 Å². The molecule has 1 aliphatic rings. The molecule has 2 heterocycles. The molecule has 4 heteroatoms. The van der Waals surface area contributed by atoms with Crippen molar-refractivity contribution >= 4 is 12.4 Å². The smallest absolute Gasteiger partial charge is 0.123 e. The molecule has 3 nitrogen and oxygen atoms in total. The minimum atomic E-state index is 0. The zero-order chi connectivity index (χ0) is 9.10. The zero-order valence-electron chi connectivity index (χ0n) is 8.29. The van der Waals surface area contributed by atoms with Crippen molar-refractivity contribution in [3.8, 4) is 0 Å². The van der Waals surface area contributed by atoms with Crippen molar-refractivity contribution in [2.75, 3.05) is 19.8 Å². The van der Waals surface area contributed by atoms with Gasteiger partial charge in [0, 0.05) is 13.0 Å². The van der Waals surface area contributed by atoms with Crippen LogP contribution in [-0.4, -0.2) is 19.8 Å². The summed E-state index contributed by atoms with van der Waals surface area (Å²) >= 11 is 0. The summed E-state index contributed by atoms with van der Waals surface area (Å²) in [5, 5.41) is 3.35. The van der Waals surface area contributed by atoms with E-state index in [4.69, 9.17) is 9.15 Å². The zero-order valence-corrected chi connectivity index (χ0v) is 9.10. The van der Waals surface area contributed by atoms with Crippen LogP contribution in [0.5, 0.6) is 0 Å². The Labute approximate surface area is 90.2 Å². The molecule has 1 N–H and O–H groups in total. The quantitative estimate of drug-likeness (QED) is 0.822. The van der Waals surface area contributed by atoms with Crippen LogP contribution in [0, 0.1) is 0 Å². The van der Waals surface area contributed by atoms with Crippen molar-refractivity contribution in [3.63, 3.8) is 0 Å². The predicted octanol–water partition coefficient (Wildman–Crippen LogP) is 1.92. The highest BCUT2D eigenvalue weighted by atomic mass is 35.5. The third-order valence-corrected chi connectivity index (χ3v) is 2.30. The summed E-state index contributed by atoms with van der Waals surface area (Å²) in [7, 11) is 0. The lowest BCUT2D eigenvalue weighted by atomic mass is 10.2. The van der Waals surface area contributed by atoms with Gasteiger partial charge in [0.25, 0.3) is 0 Å². The fraction of sp³-hybridized carbons (Fsp3) is 0.600. The molecule has 14 heavy (non-hydrogen) atoms. The lowest BCUT2D eigenvalue weighted by molar-refractivity contribution is 0.0695. The van der Waals surface area contributed by atoms with Gasteiger partial charge in [-0.05, 0) is 12.1 Å². The molecule has 0 radical (unpaired) electrons. The Hall–Kier alpha value is -0.510. The van der Waals surface area contributed by atoms with Crippen molar-refractivity contribution < 1.29 is 9.15 Å². The SMILES string of the molecule is CCc1ccc([C@H]2COCCN2)o1.Cl. The molecule has 1 saturated heterocycles. The summed E-state index contributed by atoms with van der Waals surface area (Å²) in [4.78, 5) is 0. The third kappa shape index (κ3) is 2.50. The highest BCUT2D eigenvalue weighted by Gasteiger charge is 2.17. The van der Waals surface area contributed by atoms with Gasteiger partial charge in [-0.15, -0.1) is 12.4 Å². The van der Waals surface area contributed by atoms with Gasteiger partial charge in [-0.2, -0.15) is 0 Å². The fourth-order valence-electron chi connectivity index (χ4n) is 1.52. The van der Waals surface area contributed by atoms with E-state index in [-0.39, 0.29) is 18.4 Å². The molecule has 0 amide bonds. The van der Waals surface area contributed by atoms with Gasteiger partial charge in [0.1, 0.15) is 11.5 Å². The van der Waals surface area contributed by atoms with Crippen molar-refractivity contribution in [1.29, 1.82) is 0 Å². The van der Waals surface area contributed by atoms with Crippen LogP contribution in [0.25, 0.3) is 0 Å². The van der Waals surface area contributed by atoms with Gasteiger partial charge in [-0.3, -0.25) is 0 Å². The van der Waals surface area contributed by atoms with E-state index in [1.165, 1.54) is 0 Å². The largest absolute Gasteiger partial charge is 0.464 e. The minimum Gasteiger partial charge on any atom is -0.464 e. The molecule has 0 aromatic carbocycles. The molecule has 2 rings (SSSR count). The van der Waals surface area contributed by atoms with E-state index in [1.807, 2.05) is 12.1 Å². The third-order valence-electron chi connectivity index (χ3n) is 2.30. The van der Waals surface area contributed by atoms with Crippen molar-refractivity contribution in [2.24, 2.45) is 0 Å². The number of furan rings is 1. The first-order valence-electron chi connectivity index (χ1n) is 4.80. The molecule has 0 spiro atoms. The predicted molar refractivity (Wildman–Crippen MR) is 56.9 cm³/mol. The minimum absolute atomic E-state index is 0. The second-order valence-electron chi connectivity index (χ2n) is 3.24. The maximum Gasteiger partial charge on any atom is 0.123 e. The van der Waals surface area contributed by atoms with Crippen LogP contribution in [0.2, 0.25) is 0 Å². The first-order chi connectivity index (χ1) is 6.40. The second kappa shape index (κ2) is 5.39. The molecule has 0 aliphatic carbocycles. The van der Waals surface area contributed by atoms with Crippen LogP contribution >= 0.6 is 12.4 Å². The van der Waals surface area contributed by atoms with Crippen LogP contribution in [0.3, 0.4) is 0 Å². The molecular weight excluding hydrogens is 202 g/mol. The van der Waals surface area contributed by atoms with E-state index < -0.39 is 0 Å². The number of hydrogen-bond acceptors (Lipinski definition) is 3. The van der Waals surface area contributed by atoms with Crippen LogP contribution < -0.4 is 5.32 Å². The molecule has 0 bridgehead atoms. The molecule has 0 unspecified atom stereocenters. The molecule has 1 aliphatic heterocycles. The topological polar surface area (TPSA) is 34.4 Å². The van der Waals surface area contributed by atoms with Gasteiger partial charge in [-0.25, -0.2) is 0 Å². The maximum absolute atomic E-state index is 5.63. The lowest BCUT2D eigenvalue weighted by Crippen LogP contribution is -2.34. The van der Waals surface area contributed by atoms with Crippen molar-refractivity contribution in [1.82, 2.24) is 5.32 Å². The molecular formula is C10H16ClNO2. The number of hydrogen-bond donors (Lipinski definition) is 1. The fourth-order valence-corrected chi connectivity index (χ4v) is 1.52. The number of halogens is 1. The number of aryl methyl sites for hydroxylation is 1. The summed E-state index contributed by atoms with van der Waals surface area (Å²) in [6.45, 7) is 4.52. The summed E-state index contributed by atoms with van der Waals surface area (Å²) in [6, 6.07) is 4.31. The molecule has 1 aromatic heterocycles. The summed E-state index contributed by atoms with van der Waals surface area (Å²) in [5.74, 6) is 2.04. The highest BCUT2D eigenvalue weighted by Crippen LogP contribution is 2.18. The number of nitrogens with one attached hydrogen (secondary N) is 1.